The van der Waals surface area contributed by atoms with Crippen LogP contribution in [0.3, 0.4) is 0 Å². The largest absolute Gasteiger partial charge is 0.295 e. The molecule has 1 fully saturated rings. The fourth-order valence-electron chi connectivity index (χ4n) is 2.73. The van der Waals surface area contributed by atoms with Crippen molar-refractivity contribution in [2.24, 2.45) is 0 Å². The Hall–Kier alpha value is -2.31. The minimum absolute atomic E-state index is 0.0520. The highest BCUT2D eigenvalue weighted by Crippen LogP contribution is 2.36. The smallest absolute Gasteiger partial charge is 0.264 e. The van der Waals surface area contributed by atoms with Crippen LogP contribution in [0.4, 0.5) is 4.39 Å². The molecule has 1 saturated heterocycles. The maximum absolute atomic E-state index is 13.7. The van der Waals surface area contributed by atoms with E-state index in [1.807, 2.05) is 0 Å². The molecular weight excluding hydrogens is 267 g/mol. The summed E-state index contributed by atoms with van der Waals surface area (Å²) in [4.78, 5) is 48.0. The molecule has 104 valence electrons. The predicted octanol–water partition coefficient (Wildman–Crippen LogP) is 0.104. The van der Waals surface area contributed by atoms with Crippen molar-refractivity contribution in [1.29, 1.82) is 0 Å². The number of amides is 4. The van der Waals surface area contributed by atoms with Gasteiger partial charge in [-0.05, 0) is 25.3 Å². The van der Waals surface area contributed by atoms with Crippen LogP contribution in [0.15, 0.2) is 23.0 Å². The Kier molecular flexibility index (Phi) is 2.77. The Bertz CT molecular complexity index is 620. The third-order valence-corrected chi connectivity index (χ3v) is 3.69. The van der Waals surface area contributed by atoms with Crippen LogP contribution in [0, 0.1) is 0 Å². The molecule has 7 heteroatoms. The van der Waals surface area contributed by atoms with Crippen LogP contribution in [-0.2, 0) is 19.2 Å². The summed E-state index contributed by atoms with van der Waals surface area (Å²) in [7, 11) is 0. The summed E-state index contributed by atoms with van der Waals surface area (Å²) in [6.45, 7) is 0. The third-order valence-electron chi connectivity index (χ3n) is 3.69. The molecule has 3 aliphatic rings. The second kappa shape index (κ2) is 4.36. The van der Waals surface area contributed by atoms with Crippen LogP contribution in [0.5, 0.6) is 0 Å². The highest BCUT2D eigenvalue weighted by molar-refractivity contribution is 6.23. The van der Waals surface area contributed by atoms with E-state index in [1.165, 1.54) is 6.08 Å². The van der Waals surface area contributed by atoms with Crippen LogP contribution >= 0.6 is 0 Å². The van der Waals surface area contributed by atoms with Crippen LogP contribution in [0.2, 0.25) is 0 Å². The molecule has 0 radical (unpaired) electrons. The van der Waals surface area contributed by atoms with Crippen molar-refractivity contribution in [1.82, 2.24) is 10.2 Å². The van der Waals surface area contributed by atoms with Crippen LogP contribution in [-0.4, -0.2) is 34.6 Å². The summed E-state index contributed by atoms with van der Waals surface area (Å²) < 4.78 is 13.7. The van der Waals surface area contributed by atoms with Gasteiger partial charge in [0.1, 0.15) is 11.9 Å². The molecule has 1 unspecified atom stereocenters. The van der Waals surface area contributed by atoms with E-state index in [-0.39, 0.29) is 30.4 Å². The van der Waals surface area contributed by atoms with Gasteiger partial charge in [0.05, 0.1) is 5.57 Å². The molecule has 3 rings (SSSR count). The van der Waals surface area contributed by atoms with Gasteiger partial charge in [0.25, 0.3) is 11.8 Å². The number of nitrogens with one attached hydrogen (secondary N) is 1. The topological polar surface area (TPSA) is 83.6 Å². The van der Waals surface area contributed by atoms with E-state index >= 15 is 0 Å². The predicted molar refractivity (Wildman–Crippen MR) is 63.5 cm³/mol. The lowest BCUT2D eigenvalue weighted by Gasteiger charge is -2.28. The van der Waals surface area contributed by atoms with Crippen molar-refractivity contribution in [3.8, 4) is 0 Å². The summed E-state index contributed by atoms with van der Waals surface area (Å²) in [5.41, 5.74) is -0.106. The van der Waals surface area contributed by atoms with Gasteiger partial charge in [0.15, 0.2) is 0 Å². The average Bonchev–Trinajstić information content (AvgIpc) is 2.64. The van der Waals surface area contributed by atoms with Crippen molar-refractivity contribution in [2.75, 3.05) is 0 Å². The van der Waals surface area contributed by atoms with Crippen LogP contribution in [0.25, 0.3) is 0 Å². The fraction of sp³-hybridized carbons (Fsp3) is 0.385. The van der Waals surface area contributed by atoms with E-state index in [1.54, 1.807) is 0 Å². The first-order chi connectivity index (χ1) is 9.50. The van der Waals surface area contributed by atoms with Gasteiger partial charge in [0.2, 0.25) is 11.8 Å². The molecule has 4 amide bonds. The highest BCUT2D eigenvalue weighted by atomic mass is 19.1. The fourth-order valence-corrected chi connectivity index (χ4v) is 2.73. The number of carbonyl (C=O) groups excluding carboxylic acids is 4. The quantitative estimate of drug-likeness (QED) is 0.690. The molecule has 0 aromatic carbocycles. The number of hydrogen-bond donors (Lipinski definition) is 1. The summed E-state index contributed by atoms with van der Waals surface area (Å²) >= 11 is 0. The van der Waals surface area contributed by atoms with Gasteiger partial charge in [0, 0.05) is 12.0 Å². The molecule has 0 spiro atoms. The first kappa shape index (κ1) is 12.7. The van der Waals surface area contributed by atoms with E-state index in [0.29, 0.717) is 6.42 Å². The second-order valence-corrected chi connectivity index (χ2v) is 4.89. The monoisotopic (exact) mass is 278 g/mol. The molecule has 0 saturated carbocycles. The van der Waals surface area contributed by atoms with E-state index in [9.17, 15) is 23.6 Å². The SMILES string of the molecule is O=C1CCC(N2C(=O)C3=C(C2=O)C(F)=CCC3)C(=O)N1. The number of rotatable bonds is 1. The molecule has 2 aliphatic heterocycles. The van der Waals surface area contributed by atoms with E-state index in [0.717, 1.165) is 4.90 Å². The van der Waals surface area contributed by atoms with Gasteiger partial charge in [-0.25, -0.2) is 4.39 Å². The first-order valence-electron chi connectivity index (χ1n) is 6.31. The van der Waals surface area contributed by atoms with E-state index in [2.05, 4.69) is 5.32 Å². The zero-order chi connectivity index (χ0) is 14.4. The molecule has 1 atom stereocenters. The Morgan fingerprint density at radius 1 is 1.15 bits per heavy atom. The summed E-state index contributed by atoms with van der Waals surface area (Å²) in [6, 6.07) is -1.04. The van der Waals surface area contributed by atoms with Gasteiger partial charge in [-0.2, -0.15) is 0 Å². The van der Waals surface area contributed by atoms with Crippen molar-refractivity contribution in [2.45, 2.75) is 31.7 Å². The summed E-state index contributed by atoms with van der Waals surface area (Å²) in [5, 5.41) is 2.09. The Balaban J connectivity index is 1.93. The minimum atomic E-state index is -1.04. The number of carbonyl (C=O) groups is 4. The number of imide groups is 2. The van der Waals surface area contributed by atoms with Gasteiger partial charge in [-0.3, -0.25) is 29.4 Å². The molecule has 1 N–H and O–H groups in total. The van der Waals surface area contributed by atoms with Crippen molar-refractivity contribution in [3.05, 3.63) is 23.0 Å². The van der Waals surface area contributed by atoms with Crippen molar-refractivity contribution >= 4 is 23.6 Å². The molecule has 6 nitrogen and oxygen atoms in total. The van der Waals surface area contributed by atoms with Gasteiger partial charge < -0.3 is 0 Å². The Morgan fingerprint density at radius 3 is 2.55 bits per heavy atom. The molecular formula is C13H11FN2O4. The number of hydrogen-bond acceptors (Lipinski definition) is 4. The lowest BCUT2D eigenvalue weighted by molar-refractivity contribution is -0.150. The van der Waals surface area contributed by atoms with Gasteiger partial charge in [-0.1, -0.05) is 0 Å². The molecule has 0 bridgehead atoms. The normalized spacial score (nSPS) is 26.8. The van der Waals surface area contributed by atoms with Crippen molar-refractivity contribution < 1.29 is 23.6 Å². The molecule has 2 heterocycles. The highest BCUT2D eigenvalue weighted by Gasteiger charge is 2.47. The average molecular weight is 278 g/mol. The second-order valence-electron chi connectivity index (χ2n) is 4.89. The number of halogens is 1. The van der Waals surface area contributed by atoms with Crippen molar-refractivity contribution in [3.63, 3.8) is 0 Å². The maximum Gasteiger partial charge on any atom is 0.264 e. The Morgan fingerprint density at radius 2 is 1.90 bits per heavy atom. The zero-order valence-electron chi connectivity index (χ0n) is 10.4. The lowest BCUT2D eigenvalue weighted by atomic mass is 9.99. The van der Waals surface area contributed by atoms with E-state index < -0.39 is 35.5 Å². The maximum atomic E-state index is 13.7. The number of piperidine rings is 1. The summed E-state index contributed by atoms with van der Waals surface area (Å²) in [6.07, 6.45) is 2.03. The lowest BCUT2D eigenvalue weighted by Crippen LogP contribution is -2.54. The number of nitrogens with zero attached hydrogens (tertiary/aromatic N) is 1. The molecule has 0 aromatic rings. The first-order valence-corrected chi connectivity index (χ1v) is 6.31. The van der Waals surface area contributed by atoms with E-state index in [4.69, 9.17) is 0 Å². The Labute approximate surface area is 113 Å². The van der Waals surface area contributed by atoms with Gasteiger partial charge >= 0.3 is 0 Å². The zero-order valence-corrected chi connectivity index (χ0v) is 10.4. The standard InChI is InChI=1S/C13H11FN2O4/c14-7-3-1-2-6-10(7)13(20)16(12(6)19)8-4-5-9(17)15-11(8)18/h3,8H,1-2,4-5H2,(H,15,17,18). The van der Waals surface area contributed by atoms with Gasteiger partial charge in [-0.15, -0.1) is 0 Å². The van der Waals surface area contributed by atoms with Crippen LogP contribution < -0.4 is 5.32 Å². The third kappa shape index (κ3) is 1.70. The van der Waals surface area contributed by atoms with Crippen LogP contribution in [0.1, 0.15) is 25.7 Å². The summed E-state index contributed by atoms with van der Waals surface area (Å²) in [5.74, 6) is -3.24. The minimum Gasteiger partial charge on any atom is -0.295 e. The molecule has 20 heavy (non-hydrogen) atoms. The molecule has 1 aliphatic carbocycles. The number of allylic oxidation sites excluding steroid dienone is 1. The molecule has 0 aromatic heterocycles.